The van der Waals surface area contributed by atoms with Gasteiger partial charge < -0.3 is 10.2 Å². The zero-order valence-corrected chi connectivity index (χ0v) is 17.0. The summed E-state index contributed by atoms with van der Waals surface area (Å²) in [6.45, 7) is 3.56. The molecule has 1 saturated carbocycles. The first-order chi connectivity index (χ1) is 14.1. The summed E-state index contributed by atoms with van der Waals surface area (Å²) in [4.78, 5) is 29.3. The standard InChI is InChI=1S/C24H29N3O2/c1-18(19-8-3-2-4-9-19)26-16-7-17-27(24(26)29)22-14-12-21(13-15-22)25-23(28)20-10-5-6-11-20/h2-4,8-9,12-15,18,20H,5-7,10-11,16-17H2,1H3,(H,25,28)/t18-/m1/s1. The van der Waals surface area contributed by atoms with Gasteiger partial charge in [-0.05, 0) is 56.0 Å². The Bertz CT molecular complexity index is 844. The molecule has 1 aliphatic carbocycles. The van der Waals surface area contributed by atoms with Crippen LogP contribution in [0.3, 0.4) is 0 Å². The number of urea groups is 1. The maximum atomic E-state index is 13.2. The summed E-state index contributed by atoms with van der Waals surface area (Å²) in [6, 6.07) is 17.9. The highest BCUT2D eigenvalue weighted by atomic mass is 16.2. The molecule has 3 amide bonds. The SMILES string of the molecule is C[C@H](c1ccccc1)N1CCCN(c2ccc(NC(=O)C3CCCC3)cc2)C1=O. The van der Waals surface area contributed by atoms with Crippen molar-refractivity contribution >= 4 is 23.3 Å². The van der Waals surface area contributed by atoms with E-state index in [2.05, 4.69) is 24.4 Å². The van der Waals surface area contributed by atoms with Crippen LogP contribution in [0.2, 0.25) is 0 Å². The minimum absolute atomic E-state index is 0.0374. The Balaban J connectivity index is 1.43. The summed E-state index contributed by atoms with van der Waals surface area (Å²) in [7, 11) is 0. The fraction of sp³-hybridized carbons (Fsp3) is 0.417. The van der Waals surface area contributed by atoms with E-state index in [1.54, 1.807) is 0 Å². The first kappa shape index (κ1) is 19.5. The summed E-state index contributed by atoms with van der Waals surface area (Å²) in [5, 5.41) is 3.02. The van der Waals surface area contributed by atoms with Crippen molar-refractivity contribution in [3.05, 3.63) is 60.2 Å². The first-order valence-corrected chi connectivity index (χ1v) is 10.7. The number of anilines is 2. The highest BCUT2D eigenvalue weighted by Crippen LogP contribution is 2.29. The van der Waals surface area contributed by atoms with Gasteiger partial charge >= 0.3 is 6.03 Å². The fourth-order valence-corrected chi connectivity index (χ4v) is 4.41. The van der Waals surface area contributed by atoms with Crippen molar-refractivity contribution in [1.29, 1.82) is 0 Å². The predicted octanol–water partition coefficient (Wildman–Crippen LogP) is 5.21. The summed E-state index contributed by atoms with van der Waals surface area (Å²) in [5.41, 5.74) is 2.82. The predicted molar refractivity (Wildman–Crippen MR) is 116 cm³/mol. The average Bonchev–Trinajstić information content (AvgIpc) is 3.30. The molecule has 152 valence electrons. The second kappa shape index (κ2) is 8.68. The fourth-order valence-electron chi connectivity index (χ4n) is 4.41. The zero-order chi connectivity index (χ0) is 20.2. The van der Waals surface area contributed by atoms with E-state index in [1.165, 1.54) is 0 Å². The van der Waals surface area contributed by atoms with E-state index in [1.807, 2.05) is 52.3 Å². The van der Waals surface area contributed by atoms with Crippen LogP contribution in [-0.2, 0) is 4.79 Å². The summed E-state index contributed by atoms with van der Waals surface area (Å²) in [5.74, 6) is 0.263. The van der Waals surface area contributed by atoms with Crippen molar-refractivity contribution in [2.75, 3.05) is 23.3 Å². The van der Waals surface area contributed by atoms with Gasteiger partial charge in [-0.2, -0.15) is 0 Å². The third-order valence-corrected chi connectivity index (χ3v) is 6.18. The molecule has 0 spiro atoms. The monoisotopic (exact) mass is 391 g/mol. The normalized spacial score (nSPS) is 18.7. The molecule has 0 bridgehead atoms. The molecule has 1 atom stereocenters. The van der Waals surface area contributed by atoms with E-state index in [0.717, 1.165) is 55.6 Å². The molecule has 5 heteroatoms. The molecule has 4 rings (SSSR count). The molecule has 2 aromatic rings. The van der Waals surface area contributed by atoms with Crippen LogP contribution in [0.4, 0.5) is 16.2 Å². The molecule has 1 N–H and O–H groups in total. The van der Waals surface area contributed by atoms with Crippen LogP contribution in [0.15, 0.2) is 54.6 Å². The lowest BCUT2D eigenvalue weighted by molar-refractivity contribution is -0.119. The molecule has 1 heterocycles. The Hall–Kier alpha value is -2.82. The highest BCUT2D eigenvalue weighted by molar-refractivity contribution is 5.95. The van der Waals surface area contributed by atoms with E-state index in [4.69, 9.17) is 0 Å². The van der Waals surface area contributed by atoms with Gasteiger partial charge in [-0.25, -0.2) is 4.79 Å². The van der Waals surface area contributed by atoms with Gasteiger partial charge in [0.25, 0.3) is 0 Å². The molecule has 5 nitrogen and oxygen atoms in total. The van der Waals surface area contributed by atoms with E-state index in [0.29, 0.717) is 6.54 Å². The van der Waals surface area contributed by atoms with Crippen LogP contribution in [0.5, 0.6) is 0 Å². The maximum Gasteiger partial charge on any atom is 0.324 e. The van der Waals surface area contributed by atoms with Gasteiger partial charge in [-0.3, -0.25) is 9.69 Å². The molecule has 0 aromatic heterocycles. The summed E-state index contributed by atoms with van der Waals surface area (Å²) < 4.78 is 0. The molecule has 29 heavy (non-hydrogen) atoms. The Kier molecular flexibility index (Phi) is 5.84. The van der Waals surface area contributed by atoms with Crippen molar-refractivity contribution < 1.29 is 9.59 Å². The first-order valence-electron chi connectivity index (χ1n) is 10.7. The second-order valence-electron chi connectivity index (χ2n) is 8.09. The molecular formula is C24H29N3O2. The van der Waals surface area contributed by atoms with Crippen LogP contribution in [0, 0.1) is 5.92 Å². The maximum absolute atomic E-state index is 13.2. The Morgan fingerprint density at radius 3 is 2.34 bits per heavy atom. The number of carbonyl (C=O) groups excluding carboxylic acids is 2. The van der Waals surface area contributed by atoms with Crippen LogP contribution in [0.25, 0.3) is 0 Å². The number of nitrogens with one attached hydrogen (secondary N) is 1. The number of rotatable bonds is 5. The number of hydrogen-bond acceptors (Lipinski definition) is 2. The van der Waals surface area contributed by atoms with Gasteiger partial charge in [0.05, 0.1) is 6.04 Å². The number of nitrogens with zero attached hydrogens (tertiary/aromatic N) is 2. The Morgan fingerprint density at radius 2 is 1.66 bits per heavy atom. The van der Waals surface area contributed by atoms with Crippen molar-refractivity contribution in [1.82, 2.24) is 4.90 Å². The number of hydrogen-bond donors (Lipinski definition) is 1. The van der Waals surface area contributed by atoms with E-state index in [9.17, 15) is 9.59 Å². The van der Waals surface area contributed by atoms with Crippen molar-refractivity contribution in [2.24, 2.45) is 5.92 Å². The average molecular weight is 392 g/mol. The number of amides is 3. The number of carbonyl (C=O) groups is 2. The van der Waals surface area contributed by atoms with Gasteiger partial charge in [0, 0.05) is 30.4 Å². The molecule has 0 radical (unpaired) electrons. The lowest BCUT2D eigenvalue weighted by Crippen LogP contribution is -2.50. The van der Waals surface area contributed by atoms with Crippen LogP contribution in [-0.4, -0.2) is 29.9 Å². The molecule has 1 aliphatic heterocycles. The van der Waals surface area contributed by atoms with Gasteiger partial charge in [0.1, 0.15) is 0 Å². The van der Waals surface area contributed by atoms with Crippen molar-refractivity contribution in [3.63, 3.8) is 0 Å². The van der Waals surface area contributed by atoms with Crippen LogP contribution < -0.4 is 10.2 Å². The summed E-state index contributed by atoms with van der Waals surface area (Å²) in [6.07, 6.45) is 5.20. The van der Waals surface area contributed by atoms with Gasteiger partial charge in [-0.1, -0.05) is 43.2 Å². The Morgan fingerprint density at radius 1 is 0.966 bits per heavy atom. The quantitative estimate of drug-likeness (QED) is 0.761. The Labute approximate surface area is 172 Å². The summed E-state index contributed by atoms with van der Waals surface area (Å²) >= 11 is 0. The van der Waals surface area contributed by atoms with Crippen LogP contribution in [0.1, 0.15) is 50.6 Å². The molecule has 1 saturated heterocycles. The molecular weight excluding hydrogens is 362 g/mol. The molecule has 2 aliphatic rings. The molecule has 0 unspecified atom stereocenters. The van der Waals surface area contributed by atoms with E-state index >= 15 is 0 Å². The molecule has 2 aromatic carbocycles. The smallest absolute Gasteiger partial charge is 0.324 e. The second-order valence-corrected chi connectivity index (χ2v) is 8.09. The number of benzene rings is 2. The minimum Gasteiger partial charge on any atom is -0.326 e. The third kappa shape index (κ3) is 4.29. The van der Waals surface area contributed by atoms with Crippen LogP contribution >= 0.6 is 0 Å². The third-order valence-electron chi connectivity index (χ3n) is 6.18. The van der Waals surface area contributed by atoms with Gasteiger partial charge in [-0.15, -0.1) is 0 Å². The highest BCUT2D eigenvalue weighted by Gasteiger charge is 2.30. The lowest BCUT2D eigenvalue weighted by atomic mass is 10.1. The zero-order valence-electron chi connectivity index (χ0n) is 17.0. The minimum atomic E-state index is 0.0374. The largest absolute Gasteiger partial charge is 0.326 e. The van der Waals surface area contributed by atoms with Gasteiger partial charge in [0.2, 0.25) is 5.91 Å². The van der Waals surface area contributed by atoms with Crippen molar-refractivity contribution in [3.8, 4) is 0 Å². The lowest BCUT2D eigenvalue weighted by Gasteiger charge is -2.39. The topological polar surface area (TPSA) is 52.6 Å². The van der Waals surface area contributed by atoms with E-state index in [-0.39, 0.29) is 23.9 Å². The van der Waals surface area contributed by atoms with Crippen molar-refractivity contribution in [2.45, 2.75) is 45.1 Å². The van der Waals surface area contributed by atoms with Gasteiger partial charge in [0.15, 0.2) is 0 Å². The molecule has 2 fully saturated rings. The van der Waals surface area contributed by atoms with E-state index < -0.39 is 0 Å².